The molecule has 0 rings (SSSR count). The average molecular weight is 223 g/mol. The molecule has 0 saturated heterocycles. The van der Waals surface area contributed by atoms with E-state index in [4.69, 9.17) is 31.0 Å². The van der Waals surface area contributed by atoms with Crippen molar-refractivity contribution in [1.82, 2.24) is 0 Å². The number of hydrogen-bond donors (Lipinski definition) is 6. The quantitative estimate of drug-likeness (QED) is 0.260. The predicted octanol–water partition coefficient (Wildman–Crippen LogP) is -4.19. The van der Waals surface area contributed by atoms with Gasteiger partial charge in [-0.2, -0.15) is 0 Å². The van der Waals surface area contributed by atoms with Crippen LogP contribution >= 0.6 is 0 Å². The van der Waals surface area contributed by atoms with Gasteiger partial charge in [-0.25, -0.2) is 0 Å². The van der Waals surface area contributed by atoms with Crippen LogP contribution in [-0.2, 0) is 4.79 Å². The number of nitrogens with two attached hydrogens (primary N) is 1. The number of aliphatic hydroxyl groups excluding tert-OH is 1. The van der Waals surface area contributed by atoms with Crippen LogP contribution in [0.5, 0.6) is 0 Å². The maximum atomic E-state index is 9.86. The molecule has 0 aliphatic rings. The molecule has 0 aromatic heterocycles. The van der Waals surface area contributed by atoms with Crippen LogP contribution in [0.15, 0.2) is 0 Å². The van der Waals surface area contributed by atoms with Crippen LogP contribution in [0.1, 0.15) is 6.92 Å². The third-order valence-electron chi connectivity index (χ3n) is 0.805. The van der Waals surface area contributed by atoms with Crippen molar-refractivity contribution >= 4 is 51.0 Å². The van der Waals surface area contributed by atoms with Gasteiger partial charge in [0.1, 0.15) is 6.04 Å². The molecule has 7 N–H and O–H groups in total. The van der Waals surface area contributed by atoms with Gasteiger partial charge in [-0.1, -0.05) is 0 Å². The van der Waals surface area contributed by atoms with Crippen molar-refractivity contribution in [3.63, 3.8) is 0 Å². The van der Waals surface area contributed by atoms with Crippen molar-refractivity contribution in [1.29, 1.82) is 0 Å². The van der Waals surface area contributed by atoms with Gasteiger partial charge in [-0.15, -0.1) is 0 Å². The first-order valence-electron chi connectivity index (χ1n) is 2.99. The molecule has 0 aromatic carbocycles. The Morgan fingerprint density at radius 2 is 1.62 bits per heavy atom. The molecule has 0 aliphatic heterocycles. The number of carboxylic acids is 1. The summed E-state index contributed by atoms with van der Waals surface area (Å²) in [5.41, 5.74) is 4.91. The second kappa shape index (κ2) is 10.7. The first-order chi connectivity index (χ1) is 5.29. The first kappa shape index (κ1) is 19.2. The van der Waals surface area contributed by atoms with E-state index >= 15 is 0 Å². The summed E-state index contributed by atoms with van der Waals surface area (Å²) >= 11 is 0. The fraction of sp³-hybridized carbons (Fsp3) is 0.750. The first-order valence-corrected chi connectivity index (χ1v) is 2.99. The molecule has 0 radical (unpaired) electrons. The van der Waals surface area contributed by atoms with E-state index in [0.29, 0.717) is 0 Å². The molecule has 9 heteroatoms. The number of carbonyl (C=O) groups is 1. The zero-order valence-electron chi connectivity index (χ0n) is 6.45. The van der Waals surface area contributed by atoms with Crippen molar-refractivity contribution in [2.75, 3.05) is 0 Å². The molecular formula is C4H14BCaNO6. The van der Waals surface area contributed by atoms with Gasteiger partial charge in [-0.05, 0) is 6.92 Å². The van der Waals surface area contributed by atoms with Crippen LogP contribution in [0.25, 0.3) is 0 Å². The third kappa shape index (κ3) is 19.1. The van der Waals surface area contributed by atoms with Crippen molar-refractivity contribution < 1.29 is 30.1 Å². The molecule has 0 spiro atoms. The molecule has 13 heavy (non-hydrogen) atoms. The Bertz CT molecular complexity index is 131. The van der Waals surface area contributed by atoms with Crippen LogP contribution in [0.2, 0.25) is 0 Å². The SMILES string of the molecule is CC(O)C(N)C(=O)O.OB(O)O.[CaH2]. The van der Waals surface area contributed by atoms with Gasteiger partial charge < -0.3 is 31.0 Å². The minimum absolute atomic E-state index is 0. The zero-order valence-corrected chi connectivity index (χ0v) is 6.45. The van der Waals surface area contributed by atoms with E-state index in [9.17, 15) is 4.79 Å². The van der Waals surface area contributed by atoms with E-state index in [1.54, 1.807) is 0 Å². The molecule has 0 aliphatic carbocycles. The third-order valence-corrected chi connectivity index (χ3v) is 0.805. The molecule has 76 valence electrons. The summed E-state index contributed by atoms with van der Waals surface area (Å²) < 4.78 is 0. The van der Waals surface area contributed by atoms with E-state index in [1.807, 2.05) is 0 Å². The molecule has 0 amide bonds. The van der Waals surface area contributed by atoms with E-state index in [0.717, 1.165) is 0 Å². The topological polar surface area (TPSA) is 144 Å². The van der Waals surface area contributed by atoms with Gasteiger partial charge in [0.2, 0.25) is 0 Å². The number of rotatable bonds is 2. The Labute approximate surface area is 105 Å². The Balaban J connectivity index is -0.000000173. The second-order valence-electron chi connectivity index (χ2n) is 1.95. The molecule has 0 heterocycles. The van der Waals surface area contributed by atoms with Crippen molar-refractivity contribution in [3.8, 4) is 0 Å². The predicted molar refractivity (Wildman–Crippen MR) is 48.2 cm³/mol. The van der Waals surface area contributed by atoms with E-state index in [2.05, 4.69) is 0 Å². The molecule has 2 unspecified atom stereocenters. The van der Waals surface area contributed by atoms with Crippen LogP contribution in [0.3, 0.4) is 0 Å². The summed E-state index contributed by atoms with van der Waals surface area (Å²) in [6, 6.07) is -1.16. The molecular weight excluding hydrogens is 209 g/mol. The van der Waals surface area contributed by atoms with Crippen LogP contribution in [0, 0.1) is 0 Å². The van der Waals surface area contributed by atoms with Gasteiger partial charge >= 0.3 is 51.0 Å². The maximum absolute atomic E-state index is 9.86. The summed E-state index contributed by atoms with van der Waals surface area (Å²) in [4.78, 5) is 9.86. The molecule has 0 saturated carbocycles. The van der Waals surface area contributed by atoms with Crippen LogP contribution in [-0.4, -0.2) is 88.5 Å². The van der Waals surface area contributed by atoms with Gasteiger partial charge in [0.15, 0.2) is 0 Å². The van der Waals surface area contributed by atoms with E-state index in [-0.39, 0.29) is 37.7 Å². The van der Waals surface area contributed by atoms with Gasteiger partial charge in [0, 0.05) is 0 Å². The summed E-state index contributed by atoms with van der Waals surface area (Å²) in [7, 11) is -2.17. The number of carboxylic acid groups (broad SMARTS) is 1. The Kier molecular flexibility index (Phi) is 15.8. The summed E-state index contributed by atoms with van der Waals surface area (Å²) in [5.74, 6) is -1.18. The normalized spacial score (nSPS) is 12.8. The van der Waals surface area contributed by atoms with Gasteiger partial charge in [0.25, 0.3) is 0 Å². The number of aliphatic carboxylic acids is 1. The standard InChI is InChI=1S/C4H9NO3.BH3O3.Ca.2H/c1-2(6)3(5)4(7)8;2-1(3)4;;;/h2-3,6H,5H2,1H3,(H,7,8);2-4H;;;. The van der Waals surface area contributed by atoms with Crippen molar-refractivity contribution in [3.05, 3.63) is 0 Å². The molecule has 2 atom stereocenters. The summed E-state index contributed by atoms with van der Waals surface area (Å²) in [5, 5.41) is 38.1. The number of hydrogen-bond acceptors (Lipinski definition) is 6. The van der Waals surface area contributed by atoms with Gasteiger partial charge in [0.05, 0.1) is 6.10 Å². The Morgan fingerprint density at radius 1 is 1.38 bits per heavy atom. The Morgan fingerprint density at radius 3 is 1.62 bits per heavy atom. The zero-order chi connectivity index (χ0) is 10.3. The number of aliphatic hydroxyl groups is 1. The van der Waals surface area contributed by atoms with Crippen molar-refractivity contribution in [2.24, 2.45) is 5.73 Å². The van der Waals surface area contributed by atoms with Gasteiger partial charge in [-0.3, -0.25) is 4.79 Å². The molecule has 0 aromatic rings. The summed E-state index contributed by atoms with van der Waals surface area (Å²) in [6.45, 7) is 1.33. The fourth-order valence-corrected chi connectivity index (χ4v) is 0.206. The average Bonchev–Trinajstić information content (AvgIpc) is 1.84. The van der Waals surface area contributed by atoms with Crippen LogP contribution in [0.4, 0.5) is 0 Å². The van der Waals surface area contributed by atoms with Crippen molar-refractivity contribution in [2.45, 2.75) is 19.1 Å². The van der Waals surface area contributed by atoms with E-state index < -0.39 is 25.4 Å². The fourth-order valence-electron chi connectivity index (χ4n) is 0.206. The molecule has 0 bridgehead atoms. The second-order valence-corrected chi connectivity index (χ2v) is 1.95. The Hall–Kier alpha value is 0.595. The molecule has 7 nitrogen and oxygen atoms in total. The van der Waals surface area contributed by atoms with Crippen LogP contribution < -0.4 is 5.73 Å². The summed E-state index contributed by atoms with van der Waals surface area (Å²) in [6.07, 6.45) is -0.979. The monoisotopic (exact) mass is 223 g/mol. The minimum atomic E-state index is -2.17. The van der Waals surface area contributed by atoms with E-state index in [1.165, 1.54) is 6.92 Å². The molecule has 0 fully saturated rings.